The van der Waals surface area contributed by atoms with Crippen LogP contribution in [-0.2, 0) is 10.0 Å². The number of benzene rings is 1. The third-order valence-corrected chi connectivity index (χ3v) is 4.02. The Balaban J connectivity index is 2.31. The van der Waals surface area contributed by atoms with E-state index in [4.69, 9.17) is 16.3 Å². The highest BCUT2D eigenvalue weighted by Gasteiger charge is 2.16. The van der Waals surface area contributed by atoms with E-state index in [0.717, 1.165) is 0 Å². The quantitative estimate of drug-likeness (QED) is 0.862. The molecule has 0 atom stereocenters. The van der Waals surface area contributed by atoms with Gasteiger partial charge >= 0.3 is 0 Å². The monoisotopic (exact) mass is 312 g/mol. The number of hydrogen-bond donors (Lipinski definition) is 1. The van der Waals surface area contributed by atoms with Crippen molar-refractivity contribution in [1.82, 2.24) is 4.98 Å². The number of pyridine rings is 1. The van der Waals surface area contributed by atoms with Crippen LogP contribution in [0.3, 0.4) is 0 Å². The van der Waals surface area contributed by atoms with Gasteiger partial charge in [0.05, 0.1) is 12.3 Å². The highest BCUT2D eigenvalue weighted by Crippen LogP contribution is 2.26. The molecule has 2 rings (SSSR count). The fourth-order valence-corrected chi connectivity index (χ4v) is 2.68. The zero-order valence-electron chi connectivity index (χ0n) is 10.7. The third-order valence-electron chi connectivity index (χ3n) is 2.44. The molecule has 0 saturated heterocycles. The molecule has 1 aromatic carbocycles. The van der Waals surface area contributed by atoms with Gasteiger partial charge in [0.25, 0.3) is 10.0 Å². The summed E-state index contributed by atoms with van der Waals surface area (Å²) < 4.78 is 32.3. The number of aromatic nitrogens is 1. The molecule has 0 radical (unpaired) electrons. The van der Waals surface area contributed by atoms with E-state index in [9.17, 15) is 8.42 Å². The van der Waals surface area contributed by atoms with Crippen molar-refractivity contribution in [2.75, 3.05) is 11.3 Å². The average molecular weight is 313 g/mol. The molecule has 0 fully saturated rings. The van der Waals surface area contributed by atoms with Crippen LogP contribution < -0.4 is 9.46 Å². The van der Waals surface area contributed by atoms with Gasteiger partial charge in [-0.1, -0.05) is 23.7 Å². The van der Waals surface area contributed by atoms with E-state index in [2.05, 4.69) is 9.71 Å². The Morgan fingerprint density at radius 2 is 2.00 bits per heavy atom. The van der Waals surface area contributed by atoms with Crippen LogP contribution in [-0.4, -0.2) is 20.0 Å². The maximum absolute atomic E-state index is 12.2. The summed E-state index contributed by atoms with van der Waals surface area (Å²) in [4.78, 5) is 3.80. The number of anilines is 1. The van der Waals surface area contributed by atoms with Crippen molar-refractivity contribution >= 4 is 27.3 Å². The summed E-state index contributed by atoms with van der Waals surface area (Å²) in [6, 6.07) is 9.63. The Morgan fingerprint density at radius 1 is 1.25 bits per heavy atom. The summed E-state index contributed by atoms with van der Waals surface area (Å²) >= 11 is 5.64. The van der Waals surface area contributed by atoms with Gasteiger partial charge in [-0.05, 0) is 31.2 Å². The standard InChI is InChI=1S/C13H13ClN2O3S/c1-2-19-12-6-4-3-5-11(12)16-20(17,18)10-7-8-13(14)15-9-10/h3-9,16H,2H2,1H3. The molecule has 106 valence electrons. The van der Waals surface area contributed by atoms with Crippen molar-refractivity contribution in [3.63, 3.8) is 0 Å². The Bertz CT molecular complexity index is 687. The summed E-state index contributed by atoms with van der Waals surface area (Å²) in [6.45, 7) is 2.27. The molecule has 0 aliphatic rings. The molecule has 0 saturated carbocycles. The van der Waals surface area contributed by atoms with Gasteiger partial charge in [-0.3, -0.25) is 4.72 Å². The summed E-state index contributed by atoms with van der Waals surface area (Å²) in [7, 11) is -3.72. The zero-order valence-corrected chi connectivity index (χ0v) is 12.3. The van der Waals surface area contributed by atoms with Crippen molar-refractivity contribution < 1.29 is 13.2 Å². The molecule has 0 unspecified atom stereocenters. The van der Waals surface area contributed by atoms with E-state index in [-0.39, 0.29) is 10.0 Å². The SMILES string of the molecule is CCOc1ccccc1NS(=O)(=O)c1ccc(Cl)nc1. The normalized spacial score (nSPS) is 11.1. The largest absolute Gasteiger partial charge is 0.492 e. The van der Waals surface area contributed by atoms with Gasteiger partial charge in [0.1, 0.15) is 15.8 Å². The first-order valence-electron chi connectivity index (χ1n) is 5.89. The second kappa shape index (κ2) is 6.11. The molecular formula is C13H13ClN2O3S. The zero-order chi connectivity index (χ0) is 14.6. The number of hydrogen-bond acceptors (Lipinski definition) is 4. The number of halogens is 1. The fraction of sp³-hybridized carbons (Fsp3) is 0.154. The summed E-state index contributed by atoms with van der Waals surface area (Å²) in [5, 5.41) is 0.235. The van der Waals surface area contributed by atoms with Gasteiger partial charge in [0.15, 0.2) is 0 Å². The van der Waals surface area contributed by atoms with Crippen LogP contribution in [0.4, 0.5) is 5.69 Å². The summed E-state index contributed by atoms with van der Waals surface area (Å²) in [5.41, 5.74) is 0.379. The van der Waals surface area contributed by atoms with E-state index < -0.39 is 10.0 Å². The van der Waals surface area contributed by atoms with Gasteiger partial charge in [0, 0.05) is 6.20 Å². The Labute approximate surface area is 122 Å². The molecule has 1 aromatic heterocycles. The highest BCUT2D eigenvalue weighted by molar-refractivity contribution is 7.92. The Kier molecular flexibility index (Phi) is 4.46. The van der Waals surface area contributed by atoms with Crippen LogP contribution in [0, 0.1) is 0 Å². The van der Waals surface area contributed by atoms with Crippen LogP contribution >= 0.6 is 11.6 Å². The van der Waals surface area contributed by atoms with E-state index >= 15 is 0 Å². The van der Waals surface area contributed by atoms with Gasteiger partial charge in [-0.2, -0.15) is 0 Å². The second-order valence-electron chi connectivity index (χ2n) is 3.85. The molecule has 2 aromatic rings. The second-order valence-corrected chi connectivity index (χ2v) is 5.92. The van der Waals surface area contributed by atoms with E-state index in [0.29, 0.717) is 18.0 Å². The topological polar surface area (TPSA) is 68.3 Å². The molecule has 1 N–H and O–H groups in total. The number of ether oxygens (including phenoxy) is 1. The van der Waals surface area contributed by atoms with Crippen LogP contribution in [0.5, 0.6) is 5.75 Å². The molecular weight excluding hydrogens is 300 g/mol. The minimum Gasteiger partial charge on any atom is -0.492 e. The Hall–Kier alpha value is -1.79. The fourth-order valence-electron chi connectivity index (χ4n) is 1.56. The molecule has 5 nitrogen and oxygen atoms in total. The van der Waals surface area contributed by atoms with Crippen molar-refractivity contribution in [3.8, 4) is 5.75 Å². The Morgan fingerprint density at radius 3 is 2.65 bits per heavy atom. The maximum Gasteiger partial charge on any atom is 0.263 e. The minimum atomic E-state index is -3.72. The lowest BCUT2D eigenvalue weighted by molar-refractivity contribution is 0.342. The molecule has 0 aliphatic heterocycles. The van der Waals surface area contributed by atoms with Gasteiger partial charge in [-0.25, -0.2) is 13.4 Å². The van der Waals surface area contributed by atoms with E-state index in [1.807, 2.05) is 6.92 Å². The van der Waals surface area contributed by atoms with Crippen LogP contribution in [0.1, 0.15) is 6.92 Å². The van der Waals surface area contributed by atoms with Crippen LogP contribution in [0.2, 0.25) is 5.15 Å². The first-order chi connectivity index (χ1) is 9.53. The smallest absolute Gasteiger partial charge is 0.263 e. The number of nitrogens with zero attached hydrogens (tertiary/aromatic N) is 1. The molecule has 0 bridgehead atoms. The predicted molar refractivity (Wildman–Crippen MR) is 77.7 cm³/mol. The first-order valence-corrected chi connectivity index (χ1v) is 7.75. The van der Waals surface area contributed by atoms with Crippen molar-refractivity contribution in [1.29, 1.82) is 0 Å². The average Bonchev–Trinajstić information content (AvgIpc) is 2.41. The predicted octanol–water partition coefficient (Wildman–Crippen LogP) is 2.93. The number of para-hydroxylation sites is 2. The molecule has 0 amide bonds. The number of sulfonamides is 1. The highest BCUT2D eigenvalue weighted by atomic mass is 35.5. The van der Waals surface area contributed by atoms with Crippen molar-refractivity contribution in [2.24, 2.45) is 0 Å². The third kappa shape index (κ3) is 3.40. The van der Waals surface area contributed by atoms with E-state index in [1.165, 1.54) is 18.3 Å². The van der Waals surface area contributed by atoms with Gasteiger partial charge in [-0.15, -0.1) is 0 Å². The lowest BCUT2D eigenvalue weighted by atomic mass is 10.3. The summed E-state index contributed by atoms with van der Waals surface area (Å²) in [6.07, 6.45) is 1.20. The summed E-state index contributed by atoms with van der Waals surface area (Å²) in [5.74, 6) is 0.473. The molecule has 1 heterocycles. The maximum atomic E-state index is 12.2. The minimum absolute atomic E-state index is 0.0354. The molecule has 20 heavy (non-hydrogen) atoms. The van der Waals surface area contributed by atoms with Crippen molar-refractivity contribution in [3.05, 3.63) is 47.7 Å². The first kappa shape index (κ1) is 14.6. The van der Waals surface area contributed by atoms with E-state index in [1.54, 1.807) is 24.3 Å². The van der Waals surface area contributed by atoms with Crippen molar-refractivity contribution in [2.45, 2.75) is 11.8 Å². The lowest BCUT2D eigenvalue weighted by Crippen LogP contribution is -2.14. The number of rotatable bonds is 5. The van der Waals surface area contributed by atoms with Gasteiger partial charge in [0.2, 0.25) is 0 Å². The van der Waals surface area contributed by atoms with Crippen LogP contribution in [0.15, 0.2) is 47.5 Å². The molecule has 7 heteroatoms. The molecule has 0 aliphatic carbocycles. The van der Waals surface area contributed by atoms with Gasteiger partial charge < -0.3 is 4.74 Å². The van der Waals surface area contributed by atoms with Crippen LogP contribution in [0.25, 0.3) is 0 Å². The molecule has 0 spiro atoms. The lowest BCUT2D eigenvalue weighted by Gasteiger charge is -2.12. The number of nitrogens with one attached hydrogen (secondary N) is 1.